The normalized spacial score (nSPS) is 12.2. The van der Waals surface area contributed by atoms with Crippen LogP contribution in [0, 0.1) is 13.8 Å². The molecule has 82 valence electrons. The molecule has 1 unspecified atom stereocenters. The fourth-order valence-electron chi connectivity index (χ4n) is 1.30. The van der Waals surface area contributed by atoms with Crippen LogP contribution in [0.25, 0.3) is 0 Å². The van der Waals surface area contributed by atoms with Crippen molar-refractivity contribution in [3.63, 3.8) is 0 Å². The van der Waals surface area contributed by atoms with Gasteiger partial charge in [-0.15, -0.1) is 0 Å². The van der Waals surface area contributed by atoms with Crippen molar-refractivity contribution in [1.29, 1.82) is 0 Å². The maximum Gasteiger partial charge on any atom is 0.318 e. The van der Waals surface area contributed by atoms with Gasteiger partial charge in [-0.05, 0) is 25.5 Å². The van der Waals surface area contributed by atoms with Crippen LogP contribution in [0.4, 0.5) is 0 Å². The highest BCUT2D eigenvalue weighted by Crippen LogP contribution is 2.14. The lowest BCUT2D eigenvalue weighted by atomic mass is 10.2. The van der Waals surface area contributed by atoms with E-state index in [1.165, 1.54) is 7.11 Å². The number of methoxy groups -OCH3 is 1. The van der Waals surface area contributed by atoms with Gasteiger partial charge in [-0.2, -0.15) is 0 Å². The van der Waals surface area contributed by atoms with Crippen molar-refractivity contribution in [1.82, 2.24) is 0 Å². The van der Waals surface area contributed by atoms with Crippen molar-refractivity contribution in [3.8, 4) is 0 Å². The van der Waals surface area contributed by atoms with Gasteiger partial charge < -0.3 is 4.74 Å². The average molecular weight is 226 g/mol. The third-order valence-corrected chi connectivity index (χ3v) is 3.50. The van der Waals surface area contributed by atoms with E-state index in [0.29, 0.717) is 4.90 Å². The molecule has 0 bridgehead atoms. The van der Waals surface area contributed by atoms with Gasteiger partial charge >= 0.3 is 5.97 Å². The largest absolute Gasteiger partial charge is 0.468 e. The standard InChI is InChI=1S/C11H14O3S/c1-8-4-5-10(9(2)6-8)15(13)7-11(12)14-3/h4-6H,7H2,1-3H3. The first-order valence-electron chi connectivity index (χ1n) is 4.57. The number of hydrogen-bond donors (Lipinski definition) is 0. The van der Waals surface area contributed by atoms with Crippen LogP contribution in [-0.4, -0.2) is 23.0 Å². The Kier molecular flexibility index (Phi) is 4.03. The molecule has 0 saturated heterocycles. The second-order valence-electron chi connectivity index (χ2n) is 3.33. The highest BCUT2D eigenvalue weighted by atomic mass is 32.2. The summed E-state index contributed by atoms with van der Waals surface area (Å²) in [7, 11) is -0.0146. The molecule has 1 rings (SSSR count). The van der Waals surface area contributed by atoms with Gasteiger partial charge in [0.25, 0.3) is 0 Å². The van der Waals surface area contributed by atoms with E-state index in [2.05, 4.69) is 4.74 Å². The fourth-order valence-corrected chi connectivity index (χ4v) is 2.42. The van der Waals surface area contributed by atoms with E-state index in [-0.39, 0.29) is 5.75 Å². The maximum atomic E-state index is 11.8. The average Bonchev–Trinajstić information content (AvgIpc) is 2.17. The van der Waals surface area contributed by atoms with E-state index in [9.17, 15) is 9.00 Å². The topological polar surface area (TPSA) is 43.4 Å². The lowest BCUT2D eigenvalue weighted by Crippen LogP contribution is -2.12. The van der Waals surface area contributed by atoms with Gasteiger partial charge in [0.15, 0.2) is 0 Å². The van der Waals surface area contributed by atoms with Gasteiger partial charge in [-0.1, -0.05) is 17.7 Å². The van der Waals surface area contributed by atoms with Gasteiger partial charge in [-0.25, -0.2) is 0 Å². The fraction of sp³-hybridized carbons (Fsp3) is 0.364. The van der Waals surface area contributed by atoms with Gasteiger partial charge in [0.2, 0.25) is 0 Å². The SMILES string of the molecule is COC(=O)CS(=O)c1ccc(C)cc1C. The Labute approximate surface area is 91.9 Å². The number of benzene rings is 1. The number of hydrogen-bond acceptors (Lipinski definition) is 3. The van der Waals surface area contributed by atoms with E-state index in [4.69, 9.17) is 0 Å². The Bertz CT molecular complexity index is 399. The van der Waals surface area contributed by atoms with Crippen LogP contribution in [0.2, 0.25) is 0 Å². The molecular formula is C11H14O3S. The summed E-state index contributed by atoms with van der Waals surface area (Å²) in [4.78, 5) is 11.7. The first kappa shape index (κ1) is 11.9. The Morgan fingerprint density at radius 1 is 1.40 bits per heavy atom. The van der Waals surface area contributed by atoms with E-state index in [1.807, 2.05) is 26.0 Å². The van der Waals surface area contributed by atoms with Gasteiger partial charge in [0.1, 0.15) is 5.75 Å². The van der Waals surface area contributed by atoms with Crippen LogP contribution >= 0.6 is 0 Å². The zero-order valence-electron chi connectivity index (χ0n) is 9.07. The molecule has 3 nitrogen and oxygen atoms in total. The molecule has 0 heterocycles. The van der Waals surface area contributed by atoms with Crippen LogP contribution in [0.3, 0.4) is 0 Å². The molecule has 0 N–H and O–H groups in total. The summed E-state index contributed by atoms with van der Waals surface area (Å²) in [6.07, 6.45) is 0. The van der Waals surface area contributed by atoms with Crippen LogP contribution in [0.1, 0.15) is 11.1 Å². The van der Waals surface area contributed by atoms with E-state index >= 15 is 0 Å². The number of rotatable bonds is 3. The molecule has 0 spiro atoms. The van der Waals surface area contributed by atoms with E-state index in [1.54, 1.807) is 6.07 Å². The van der Waals surface area contributed by atoms with Crippen molar-refractivity contribution >= 4 is 16.8 Å². The van der Waals surface area contributed by atoms with Crippen molar-refractivity contribution in [2.75, 3.05) is 12.9 Å². The summed E-state index contributed by atoms with van der Waals surface area (Å²) >= 11 is 0. The number of carbonyl (C=O) groups is 1. The van der Waals surface area contributed by atoms with Gasteiger partial charge in [-0.3, -0.25) is 9.00 Å². The minimum absolute atomic E-state index is 0.0829. The lowest BCUT2D eigenvalue weighted by Gasteiger charge is -2.05. The Hall–Kier alpha value is -1.16. The Morgan fingerprint density at radius 3 is 2.60 bits per heavy atom. The molecule has 1 aromatic carbocycles. The third-order valence-electron chi connectivity index (χ3n) is 2.05. The smallest absolute Gasteiger partial charge is 0.318 e. The first-order valence-corrected chi connectivity index (χ1v) is 5.89. The highest BCUT2D eigenvalue weighted by Gasteiger charge is 2.12. The molecule has 0 aliphatic rings. The number of esters is 1. The molecule has 0 fully saturated rings. The van der Waals surface area contributed by atoms with Crippen molar-refractivity contribution in [3.05, 3.63) is 29.3 Å². The first-order chi connectivity index (χ1) is 7.04. The minimum Gasteiger partial charge on any atom is -0.468 e. The molecular weight excluding hydrogens is 212 g/mol. The number of ether oxygens (including phenoxy) is 1. The van der Waals surface area contributed by atoms with Crippen molar-refractivity contribution < 1.29 is 13.7 Å². The molecule has 4 heteroatoms. The van der Waals surface area contributed by atoms with Crippen molar-refractivity contribution in [2.24, 2.45) is 0 Å². The van der Waals surface area contributed by atoms with E-state index in [0.717, 1.165) is 11.1 Å². The zero-order valence-corrected chi connectivity index (χ0v) is 9.89. The summed E-state index contributed by atoms with van der Waals surface area (Å²) in [5.41, 5.74) is 2.06. The van der Waals surface area contributed by atoms with Crippen LogP contribution in [0.5, 0.6) is 0 Å². The van der Waals surface area contributed by atoms with Crippen LogP contribution < -0.4 is 0 Å². The quantitative estimate of drug-likeness (QED) is 0.735. The molecule has 15 heavy (non-hydrogen) atoms. The highest BCUT2D eigenvalue weighted by molar-refractivity contribution is 7.85. The summed E-state index contributed by atoms with van der Waals surface area (Å²) in [5.74, 6) is -0.534. The number of aryl methyl sites for hydroxylation is 2. The molecule has 1 aromatic rings. The third kappa shape index (κ3) is 3.16. The summed E-state index contributed by atoms with van der Waals surface area (Å²) < 4.78 is 16.2. The second kappa shape index (κ2) is 5.07. The van der Waals surface area contributed by atoms with Crippen molar-refractivity contribution in [2.45, 2.75) is 18.7 Å². The molecule has 0 saturated carbocycles. The predicted molar refractivity (Wildman–Crippen MR) is 59.2 cm³/mol. The molecule has 0 amide bonds. The second-order valence-corrected chi connectivity index (χ2v) is 4.75. The molecule has 0 aliphatic carbocycles. The molecule has 0 radical (unpaired) electrons. The number of carbonyl (C=O) groups excluding carboxylic acids is 1. The summed E-state index contributed by atoms with van der Waals surface area (Å²) in [6.45, 7) is 3.86. The minimum atomic E-state index is -1.31. The van der Waals surface area contributed by atoms with Crippen LogP contribution in [0.15, 0.2) is 23.1 Å². The van der Waals surface area contributed by atoms with E-state index < -0.39 is 16.8 Å². The van der Waals surface area contributed by atoms with Gasteiger partial charge in [0.05, 0.1) is 17.9 Å². The molecule has 0 aliphatic heterocycles. The summed E-state index contributed by atoms with van der Waals surface area (Å²) in [5, 5.41) is 0. The Balaban J connectivity index is 2.87. The van der Waals surface area contributed by atoms with Gasteiger partial charge in [0, 0.05) is 4.90 Å². The predicted octanol–water partition coefficient (Wildman–Crippen LogP) is 1.58. The molecule has 0 aromatic heterocycles. The Morgan fingerprint density at radius 2 is 2.07 bits per heavy atom. The lowest BCUT2D eigenvalue weighted by molar-refractivity contribution is -0.137. The molecule has 1 atom stereocenters. The maximum absolute atomic E-state index is 11.8. The van der Waals surface area contributed by atoms with Crippen LogP contribution in [-0.2, 0) is 20.3 Å². The monoisotopic (exact) mass is 226 g/mol. The zero-order chi connectivity index (χ0) is 11.4. The summed E-state index contributed by atoms with van der Waals surface area (Å²) in [6, 6.07) is 5.63.